The minimum atomic E-state index is 0.597. The highest BCUT2D eigenvalue weighted by Crippen LogP contribution is 2.25. The lowest BCUT2D eigenvalue weighted by molar-refractivity contribution is 0.413. The average molecular weight is 291 g/mol. The molecular weight excluding hydrogens is 285 g/mol. The molecule has 0 saturated heterocycles. The summed E-state index contributed by atoms with van der Waals surface area (Å²) in [6.45, 7) is 0. The maximum absolute atomic E-state index is 8.72. The summed E-state index contributed by atoms with van der Waals surface area (Å²) in [6.07, 6.45) is 0. The molecule has 12 heavy (non-hydrogen) atoms. The monoisotopic (exact) mass is 291 g/mol. The minimum absolute atomic E-state index is 0.597. The van der Waals surface area contributed by atoms with Gasteiger partial charge >= 0.3 is 0 Å². The van der Waals surface area contributed by atoms with Gasteiger partial charge in [0.15, 0.2) is 0 Å². The van der Waals surface area contributed by atoms with Gasteiger partial charge in [-0.25, -0.2) is 0 Å². The molecule has 0 aliphatic heterocycles. The predicted molar refractivity (Wildman–Crippen MR) is 57.7 cm³/mol. The molecule has 62 valence electrons. The third-order valence-corrected chi connectivity index (χ3v) is 3.32. The van der Waals surface area contributed by atoms with E-state index < -0.39 is 0 Å². The number of hydrogen-bond donors (Lipinski definition) is 1. The van der Waals surface area contributed by atoms with E-state index in [0.29, 0.717) is 11.3 Å². The number of nitrogens with zero attached hydrogens (tertiary/aromatic N) is 1. The van der Waals surface area contributed by atoms with Crippen molar-refractivity contribution in [2.75, 3.05) is 7.11 Å². The van der Waals surface area contributed by atoms with Crippen LogP contribution in [0.25, 0.3) is 0 Å². The molecule has 0 saturated carbocycles. The first kappa shape index (κ1) is 9.68. The fourth-order valence-corrected chi connectivity index (χ4v) is 1.46. The van der Waals surface area contributed by atoms with E-state index in [4.69, 9.17) is 10.00 Å². The van der Waals surface area contributed by atoms with Gasteiger partial charge in [-0.3, -0.25) is 0 Å². The van der Waals surface area contributed by atoms with E-state index in [9.17, 15) is 0 Å². The van der Waals surface area contributed by atoms with Crippen molar-refractivity contribution >= 4 is 35.2 Å². The van der Waals surface area contributed by atoms with Crippen LogP contribution in [0.3, 0.4) is 0 Å². The Labute approximate surface area is 90.1 Å². The summed E-state index contributed by atoms with van der Waals surface area (Å²) in [7, 11) is 1.57. The molecule has 4 heteroatoms. The summed E-state index contributed by atoms with van der Waals surface area (Å²) in [6, 6.07) is 5.55. The van der Waals surface area contributed by atoms with Crippen molar-refractivity contribution in [3.05, 3.63) is 21.3 Å². The molecule has 0 heterocycles. The molecule has 1 aromatic rings. The Morgan fingerprint density at radius 3 is 2.75 bits per heavy atom. The highest BCUT2D eigenvalue weighted by atomic mass is 127. The summed E-state index contributed by atoms with van der Waals surface area (Å²) < 4.78 is 5.85. The van der Waals surface area contributed by atoms with E-state index in [1.165, 1.54) is 0 Å². The number of ether oxygens (including phenoxy) is 1. The number of benzene rings is 1. The number of thiol groups is 1. The highest BCUT2D eigenvalue weighted by Gasteiger charge is 2.05. The van der Waals surface area contributed by atoms with Crippen LogP contribution in [0, 0.1) is 14.9 Å². The predicted octanol–water partition coefficient (Wildman–Crippen LogP) is 2.46. The van der Waals surface area contributed by atoms with Crippen molar-refractivity contribution in [3.63, 3.8) is 0 Å². The molecule has 0 N–H and O–H groups in total. The van der Waals surface area contributed by atoms with Crippen LogP contribution >= 0.6 is 35.2 Å². The summed E-state index contributed by atoms with van der Waals surface area (Å²) in [5.74, 6) is 0.664. The van der Waals surface area contributed by atoms with Crippen LogP contribution in [-0.2, 0) is 0 Å². The van der Waals surface area contributed by atoms with Gasteiger partial charge in [-0.15, -0.1) is 12.6 Å². The van der Waals surface area contributed by atoms with Crippen LogP contribution < -0.4 is 4.74 Å². The van der Waals surface area contributed by atoms with Gasteiger partial charge in [0.2, 0.25) is 0 Å². The Balaban J connectivity index is 3.31. The summed E-state index contributed by atoms with van der Waals surface area (Å²) in [5, 5.41) is 8.72. The van der Waals surface area contributed by atoms with Crippen LogP contribution in [-0.4, -0.2) is 7.11 Å². The zero-order valence-electron chi connectivity index (χ0n) is 6.34. The largest absolute Gasteiger partial charge is 0.497 e. The molecule has 0 radical (unpaired) electrons. The lowest BCUT2D eigenvalue weighted by atomic mass is 10.2. The number of nitriles is 1. The SMILES string of the molecule is COc1cc(S)c(I)c(C#N)c1. The first-order valence-electron chi connectivity index (χ1n) is 3.15. The van der Waals surface area contributed by atoms with E-state index in [1.54, 1.807) is 19.2 Å². The van der Waals surface area contributed by atoms with E-state index in [0.717, 1.165) is 8.47 Å². The maximum Gasteiger partial charge on any atom is 0.121 e. The van der Waals surface area contributed by atoms with Gasteiger partial charge in [0.1, 0.15) is 11.8 Å². The van der Waals surface area contributed by atoms with Gasteiger partial charge < -0.3 is 4.74 Å². The van der Waals surface area contributed by atoms with Gasteiger partial charge in [0, 0.05) is 8.47 Å². The molecule has 0 spiro atoms. The molecule has 1 aromatic carbocycles. The Kier molecular flexibility index (Phi) is 3.23. The molecule has 0 aliphatic rings. The van der Waals surface area contributed by atoms with Crippen molar-refractivity contribution in [2.24, 2.45) is 0 Å². The van der Waals surface area contributed by atoms with Gasteiger partial charge in [-0.05, 0) is 34.7 Å². The van der Waals surface area contributed by atoms with Gasteiger partial charge in [-0.1, -0.05) is 0 Å². The first-order valence-corrected chi connectivity index (χ1v) is 4.68. The third-order valence-electron chi connectivity index (χ3n) is 1.38. The van der Waals surface area contributed by atoms with Gasteiger partial charge in [-0.2, -0.15) is 5.26 Å². The van der Waals surface area contributed by atoms with Gasteiger partial charge in [0.05, 0.1) is 12.7 Å². The quantitative estimate of drug-likeness (QED) is 0.637. The standard InChI is InChI=1S/C8H6INOS/c1-11-6-2-5(4-10)8(9)7(12)3-6/h2-3,12H,1H3. The molecule has 0 atom stereocenters. The zero-order chi connectivity index (χ0) is 9.14. The van der Waals surface area contributed by atoms with E-state index in [-0.39, 0.29) is 0 Å². The number of halogens is 1. The second kappa shape index (κ2) is 4.01. The second-order valence-electron chi connectivity index (χ2n) is 2.12. The Hall–Kier alpha value is -0.410. The van der Waals surface area contributed by atoms with Crippen molar-refractivity contribution in [2.45, 2.75) is 4.90 Å². The first-order chi connectivity index (χ1) is 5.69. The highest BCUT2D eigenvalue weighted by molar-refractivity contribution is 14.1. The van der Waals surface area contributed by atoms with E-state index in [1.807, 2.05) is 0 Å². The molecule has 0 fully saturated rings. The number of hydrogen-bond acceptors (Lipinski definition) is 3. The van der Waals surface area contributed by atoms with E-state index in [2.05, 4.69) is 41.3 Å². The zero-order valence-corrected chi connectivity index (χ0v) is 9.39. The molecule has 0 aromatic heterocycles. The number of methoxy groups -OCH3 is 1. The van der Waals surface area contributed by atoms with E-state index >= 15 is 0 Å². The van der Waals surface area contributed by atoms with Gasteiger partial charge in [0.25, 0.3) is 0 Å². The normalized spacial score (nSPS) is 9.17. The lowest BCUT2D eigenvalue weighted by Crippen LogP contribution is -1.88. The molecule has 0 unspecified atom stereocenters. The maximum atomic E-state index is 8.72. The Bertz CT molecular complexity index is 346. The third kappa shape index (κ3) is 1.84. The summed E-state index contributed by atoms with van der Waals surface area (Å²) in [5.41, 5.74) is 0.597. The minimum Gasteiger partial charge on any atom is -0.497 e. The molecule has 1 rings (SSSR count). The fourth-order valence-electron chi connectivity index (χ4n) is 0.783. The molecule has 0 amide bonds. The Morgan fingerprint density at radius 1 is 1.58 bits per heavy atom. The smallest absolute Gasteiger partial charge is 0.121 e. The van der Waals surface area contributed by atoms with Crippen LogP contribution in [0.5, 0.6) is 5.75 Å². The molecule has 0 aliphatic carbocycles. The Morgan fingerprint density at radius 2 is 2.25 bits per heavy atom. The second-order valence-corrected chi connectivity index (χ2v) is 3.68. The van der Waals surface area contributed by atoms with Crippen molar-refractivity contribution in [3.8, 4) is 11.8 Å². The lowest BCUT2D eigenvalue weighted by Gasteiger charge is -2.03. The van der Waals surface area contributed by atoms with Crippen molar-refractivity contribution in [1.29, 1.82) is 5.26 Å². The molecule has 2 nitrogen and oxygen atoms in total. The molecule has 0 bridgehead atoms. The van der Waals surface area contributed by atoms with Crippen molar-refractivity contribution in [1.82, 2.24) is 0 Å². The summed E-state index contributed by atoms with van der Waals surface area (Å²) >= 11 is 6.29. The fraction of sp³-hybridized carbons (Fsp3) is 0.125. The van der Waals surface area contributed by atoms with Crippen LogP contribution in [0.15, 0.2) is 17.0 Å². The summed E-state index contributed by atoms with van der Waals surface area (Å²) in [4.78, 5) is 0.770. The molecular formula is C8H6INOS. The average Bonchev–Trinajstić information content (AvgIpc) is 2.09. The topological polar surface area (TPSA) is 33.0 Å². The van der Waals surface area contributed by atoms with Crippen LogP contribution in [0.4, 0.5) is 0 Å². The van der Waals surface area contributed by atoms with Crippen molar-refractivity contribution < 1.29 is 4.74 Å². The van der Waals surface area contributed by atoms with Crippen LogP contribution in [0.1, 0.15) is 5.56 Å². The van der Waals surface area contributed by atoms with Crippen LogP contribution in [0.2, 0.25) is 0 Å². The number of rotatable bonds is 1.